The van der Waals surface area contributed by atoms with E-state index in [1.807, 2.05) is 0 Å². The number of rotatable bonds is 3. The Labute approximate surface area is 262 Å². The van der Waals surface area contributed by atoms with Crippen molar-refractivity contribution in [1.82, 2.24) is 0 Å². The molecule has 5 aliphatic carbocycles. The molecule has 9 nitrogen and oxygen atoms in total. The van der Waals surface area contributed by atoms with E-state index in [1.54, 1.807) is 13.8 Å². The van der Waals surface area contributed by atoms with Crippen molar-refractivity contribution in [3.05, 3.63) is 0 Å². The molecule has 2 bridgehead atoms. The molecule has 5 N–H and O–H groups in total. The van der Waals surface area contributed by atoms with Gasteiger partial charge >= 0.3 is 0 Å². The first-order valence-electron chi connectivity index (χ1n) is 17.5. The van der Waals surface area contributed by atoms with Crippen LogP contribution in [-0.2, 0) is 18.9 Å². The lowest BCUT2D eigenvalue weighted by molar-refractivity contribution is -0.303. The van der Waals surface area contributed by atoms with Crippen LogP contribution in [0.1, 0.15) is 99.8 Å². The van der Waals surface area contributed by atoms with Crippen molar-refractivity contribution in [2.24, 2.45) is 50.7 Å². The maximum Gasteiger partial charge on any atom is 0.199 e. The number of aliphatic hydroxyl groups is 5. The van der Waals surface area contributed by atoms with Gasteiger partial charge in [0.05, 0.1) is 24.4 Å². The highest BCUT2D eigenvalue weighted by Gasteiger charge is 2.88. The average Bonchev–Trinajstić information content (AvgIpc) is 3.45. The largest absolute Gasteiger partial charge is 0.388 e. The second-order valence-corrected chi connectivity index (χ2v) is 18.3. The van der Waals surface area contributed by atoms with Crippen LogP contribution in [0.3, 0.4) is 0 Å². The Morgan fingerprint density at radius 2 is 1.52 bits per heavy atom. The minimum absolute atomic E-state index is 0.0559. The lowest BCUT2D eigenvalue weighted by atomic mass is 9.41. The summed E-state index contributed by atoms with van der Waals surface area (Å²) in [5.41, 5.74) is -1.39. The van der Waals surface area contributed by atoms with Crippen LogP contribution in [0.5, 0.6) is 0 Å². The third kappa shape index (κ3) is 3.38. The van der Waals surface area contributed by atoms with Crippen molar-refractivity contribution in [2.75, 3.05) is 6.61 Å². The van der Waals surface area contributed by atoms with Crippen molar-refractivity contribution in [3.8, 4) is 0 Å². The Hall–Kier alpha value is -0.360. The van der Waals surface area contributed by atoms with E-state index in [2.05, 4.69) is 34.6 Å². The Morgan fingerprint density at radius 1 is 0.841 bits per heavy atom. The maximum atomic E-state index is 12.7. The molecule has 5 saturated carbocycles. The van der Waals surface area contributed by atoms with E-state index in [0.717, 1.165) is 44.9 Å². The quantitative estimate of drug-likeness (QED) is 0.301. The van der Waals surface area contributed by atoms with E-state index in [-0.39, 0.29) is 51.8 Å². The summed E-state index contributed by atoms with van der Waals surface area (Å²) in [4.78, 5) is 0. The molecule has 0 radical (unpaired) electrons. The van der Waals surface area contributed by atoms with Gasteiger partial charge in [-0.2, -0.15) is 0 Å². The van der Waals surface area contributed by atoms with Crippen LogP contribution in [0.2, 0.25) is 0 Å². The summed E-state index contributed by atoms with van der Waals surface area (Å²) in [5.74, 6) is 0.108. The van der Waals surface area contributed by atoms with Gasteiger partial charge in [0.1, 0.15) is 30.5 Å². The van der Waals surface area contributed by atoms with E-state index >= 15 is 0 Å². The van der Waals surface area contributed by atoms with Crippen molar-refractivity contribution >= 4 is 0 Å². The summed E-state index contributed by atoms with van der Waals surface area (Å²) in [6, 6.07) is 0. The first kappa shape index (κ1) is 30.9. The standard InChI is InChI=1S/C35H56O9/c1-17-14-19-26(30(4,5)40)44-35(43-19)25(17)31(6)12-13-34-16-33(34)11-10-22(42-27-24(38)23(37)18(36)15-41-27)29(2,3)20(33)8-9-21(34)32(31,7)28(35)39/h17-28,36-40H,8-16H2,1-7H3/t17?,18-,19+,20?,21?,22-,23+,24-,25?,26-,27+,28?,31+,32+,33+,34-,35-/m0/s1. The number of aliphatic hydroxyl groups excluding tert-OH is 4. The molecule has 0 aromatic heterocycles. The molecule has 3 aliphatic heterocycles. The third-order valence-corrected chi connectivity index (χ3v) is 15.9. The lowest BCUT2D eigenvalue weighted by Crippen LogP contribution is -2.61. The highest BCUT2D eigenvalue weighted by atomic mass is 16.8. The van der Waals surface area contributed by atoms with Crippen molar-refractivity contribution in [2.45, 2.75) is 160 Å². The Kier molecular flexibility index (Phi) is 6.33. The number of ether oxygens (including phenoxy) is 4. The van der Waals surface area contributed by atoms with Crippen molar-refractivity contribution in [1.29, 1.82) is 0 Å². The first-order valence-corrected chi connectivity index (χ1v) is 17.5. The second-order valence-electron chi connectivity index (χ2n) is 18.3. The predicted octanol–water partition coefficient (Wildman–Crippen LogP) is 3.12. The van der Waals surface area contributed by atoms with Gasteiger partial charge in [-0.25, -0.2) is 0 Å². The SMILES string of the molecule is CC1C[C@H]2O[C@@]3(O[C@@H]2C(C)(C)O)C(O)[C@@]2(C)C4CCC5C(C)(C)[C@@H](O[C@H]6OC[C@H](O)[C@@H](O)[C@@H]6O)CC[C@@]56C[C@@]46CC[C@]2(C)C13. The molecule has 8 rings (SSSR count). The van der Waals surface area contributed by atoms with Gasteiger partial charge in [0.15, 0.2) is 12.1 Å². The van der Waals surface area contributed by atoms with Crippen molar-refractivity contribution < 1.29 is 44.5 Å². The van der Waals surface area contributed by atoms with E-state index < -0.39 is 48.2 Å². The third-order valence-electron chi connectivity index (χ3n) is 15.9. The summed E-state index contributed by atoms with van der Waals surface area (Å²) < 4.78 is 25.8. The van der Waals surface area contributed by atoms with Gasteiger partial charge in [-0.05, 0) is 105 Å². The number of hydrogen-bond acceptors (Lipinski definition) is 9. The van der Waals surface area contributed by atoms with Gasteiger partial charge < -0.3 is 44.5 Å². The number of fused-ring (bicyclic) bond motifs is 4. The molecule has 17 atom stereocenters. The molecule has 0 amide bonds. The second kappa shape index (κ2) is 9.00. The summed E-state index contributed by atoms with van der Waals surface area (Å²) in [6.07, 6.45) is 2.00. The molecule has 5 unspecified atom stereocenters. The van der Waals surface area contributed by atoms with Crippen LogP contribution in [0, 0.1) is 50.7 Å². The Morgan fingerprint density at radius 3 is 2.23 bits per heavy atom. The van der Waals surface area contributed by atoms with Gasteiger partial charge in [-0.1, -0.05) is 34.6 Å². The molecule has 0 aromatic rings. The smallest absolute Gasteiger partial charge is 0.199 e. The van der Waals surface area contributed by atoms with E-state index in [4.69, 9.17) is 18.9 Å². The molecule has 8 fully saturated rings. The van der Waals surface area contributed by atoms with Crippen LogP contribution >= 0.6 is 0 Å². The Balaban J connectivity index is 1.10. The molecule has 250 valence electrons. The summed E-state index contributed by atoms with van der Waals surface area (Å²) in [7, 11) is 0. The molecular weight excluding hydrogens is 564 g/mol. The van der Waals surface area contributed by atoms with Gasteiger partial charge in [0, 0.05) is 11.3 Å². The van der Waals surface area contributed by atoms with Gasteiger partial charge in [-0.15, -0.1) is 0 Å². The van der Waals surface area contributed by atoms with Crippen LogP contribution in [0.4, 0.5) is 0 Å². The van der Waals surface area contributed by atoms with Gasteiger partial charge in [0.25, 0.3) is 0 Å². The van der Waals surface area contributed by atoms with Crippen molar-refractivity contribution in [3.63, 3.8) is 0 Å². The first-order chi connectivity index (χ1) is 20.4. The lowest BCUT2D eigenvalue weighted by Gasteiger charge is -2.63. The zero-order valence-electron chi connectivity index (χ0n) is 27.7. The Bertz CT molecular complexity index is 1200. The van der Waals surface area contributed by atoms with E-state index in [1.165, 1.54) is 6.42 Å². The maximum absolute atomic E-state index is 12.7. The highest BCUT2D eigenvalue weighted by Crippen LogP contribution is 2.90. The molecule has 44 heavy (non-hydrogen) atoms. The zero-order valence-corrected chi connectivity index (χ0v) is 27.7. The fraction of sp³-hybridized carbons (Fsp3) is 1.00. The number of hydrogen-bond donors (Lipinski definition) is 5. The fourth-order valence-electron chi connectivity index (χ4n) is 14.0. The molecule has 3 heterocycles. The highest BCUT2D eigenvalue weighted by molar-refractivity contribution is 5.34. The van der Waals surface area contributed by atoms with Gasteiger partial charge in [-0.3, -0.25) is 0 Å². The summed E-state index contributed by atoms with van der Waals surface area (Å²) in [6.45, 7) is 15.2. The van der Waals surface area contributed by atoms with Crippen LogP contribution in [0.15, 0.2) is 0 Å². The van der Waals surface area contributed by atoms with Gasteiger partial charge in [0.2, 0.25) is 0 Å². The summed E-state index contributed by atoms with van der Waals surface area (Å²) >= 11 is 0. The van der Waals surface area contributed by atoms with E-state index in [9.17, 15) is 25.5 Å². The minimum Gasteiger partial charge on any atom is -0.388 e. The molecule has 8 aliphatic rings. The monoisotopic (exact) mass is 620 g/mol. The normalized spacial score (nSPS) is 62.2. The van der Waals surface area contributed by atoms with Crippen LogP contribution in [0.25, 0.3) is 0 Å². The fourth-order valence-corrected chi connectivity index (χ4v) is 14.0. The molecular formula is C35H56O9. The molecule has 0 aromatic carbocycles. The van der Waals surface area contributed by atoms with Crippen LogP contribution < -0.4 is 0 Å². The summed E-state index contributed by atoms with van der Waals surface area (Å²) in [5, 5.41) is 54.5. The topological polar surface area (TPSA) is 138 Å². The minimum atomic E-state index is -1.28. The molecule has 3 saturated heterocycles. The van der Waals surface area contributed by atoms with Crippen LogP contribution in [-0.4, -0.2) is 92.5 Å². The van der Waals surface area contributed by atoms with E-state index in [0.29, 0.717) is 17.8 Å². The average molecular weight is 621 g/mol. The molecule has 9 heteroatoms. The predicted molar refractivity (Wildman–Crippen MR) is 159 cm³/mol. The molecule has 3 spiro atoms. The zero-order chi connectivity index (χ0) is 31.6.